The van der Waals surface area contributed by atoms with Crippen LogP contribution in [0.3, 0.4) is 0 Å². The molecule has 0 saturated carbocycles. The number of amides is 2. The van der Waals surface area contributed by atoms with E-state index in [-0.39, 0.29) is 6.54 Å². The Morgan fingerprint density at radius 1 is 1.40 bits per heavy atom. The number of urea groups is 1. The van der Waals surface area contributed by atoms with Gasteiger partial charge in [0, 0.05) is 16.7 Å². The van der Waals surface area contributed by atoms with Crippen LogP contribution in [0, 0.1) is 6.92 Å². The van der Waals surface area contributed by atoms with Gasteiger partial charge in [-0.3, -0.25) is 4.79 Å². The molecule has 0 fully saturated rings. The number of carbonyl (C=O) groups excluding carboxylic acids is 1. The molecular formula is C13H17BrN2O4. The number of aryl methyl sites for hydroxylation is 1. The van der Waals surface area contributed by atoms with Crippen LogP contribution in [0.2, 0.25) is 0 Å². The highest BCUT2D eigenvalue weighted by Crippen LogP contribution is 2.20. The molecule has 7 heteroatoms. The first-order chi connectivity index (χ1) is 9.19. The number of anilines is 1. The summed E-state index contributed by atoms with van der Waals surface area (Å²) < 4.78 is 0.830. The molecule has 0 saturated heterocycles. The third-order valence-corrected chi connectivity index (χ3v) is 3.10. The lowest BCUT2D eigenvalue weighted by molar-refractivity contribution is -0.141. The minimum absolute atomic E-state index is 0.155. The number of rotatable bonds is 5. The average molecular weight is 345 g/mol. The molecule has 0 aliphatic rings. The molecule has 0 aliphatic heterocycles. The lowest BCUT2D eigenvalue weighted by atomic mass is 10.0. The first kappa shape index (κ1) is 16.5. The van der Waals surface area contributed by atoms with Gasteiger partial charge < -0.3 is 20.8 Å². The highest BCUT2D eigenvalue weighted by atomic mass is 79.9. The van der Waals surface area contributed by atoms with Gasteiger partial charge in [-0.25, -0.2) is 4.79 Å². The molecule has 110 valence electrons. The summed E-state index contributed by atoms with van der Waals surface area (Å²) in [6.45, 7) is 3.05. The summed E-state index contributed by atoms with van der Waals surface area (Å²) in [5, 5.41) is 23.5. The number of carbonyl (C=O) groups is 2. The van der Waals surface area contributed by atoms with Crippen molar-refractivity contribution in [2.75, 3.05) is 11.9 Å². The monoisotopic (exact) mass is 344 g/mol. The number of carboxylic acids is 1. The SMILES string of the molecule is Cc1ccc(Br)cc1NC(=O)NCC(C)(O)CC(=O)O. The predicted molar refractivity (Wildman–Crippen MR) is 78.8 cm³/mol. The minimum atomic E-state index is -1.49. The quantitative estimate of drug-likeness (QED) is 0.657. The molecule has 20 heavy (non-hydrogen) atoms. The Morgan fingerprint density at radius 3 is 2.65 bits per heavy atom. The van der Waals surface area contributed by atoms with Crippen molar-refractivity contribution in [2.24, 2.45) is 0 Å². The van der Waals surface area contributed by atoms with E-state index in [4.69, 9.17) is 5.11 Å². The van der Waals surface area contributed by atoms with Crippen LogP contribution in [0.25, 0.3) is 0 Å². The van der Waals surface area contributed by atoms with E-state index in [0.717, 1.165) is 10.0 Å². The van der Waals surface area contributed by atoms with Crippen molar-refractivity contribution >= 4 is 33.6 Å². The average Bonchev–Trinajstić information content (AvgIpc) is 2.30. The predicted octanol–water partition coefficient (Wildman–Crippen LogP) is 2.10. The minimum Gasteiger partial charge on any atom is -0.481 e. The van der Waals surface area contributed by atoms with E-state index in [1.807, 2.05) is 19.1 Å². The Kier molecular flexibility index (Phi) is 5.52. The number of aliphatic hydroxyl groups is 1. The van der Waals surface area contributed by atoms with Gasteiger partial charge in [0.2, 0.25) is 0 Å². The number of halogens is 1. The maximum atomic E-state index is 11.7. The maximum absolute atomic E-state index is 11.7. The summed E-state index contributed by atoms with van der Waals surface area (Å²) in [7, 11) is 0. The van der Waals surface area contributed by atoms with Crippen LogP contribution in [0.15, 0.2) is 22.7 Å². The Balaban J connectivity index is 2.56. The largest absolute Gasteiger partial charge is 0.481 e. The molecule has 0 aliphatic carbocycles. The van der Waals surface area contributed by atoms with Crippen molar-refractivity contribution in [1.29, 1.82) is 0 Å². The molecule has 0 aromatic heterocycles. The Hall–Kier alpha value is -1.60. The molecule has 2 amide bonds. The molecule has 0 spiro atoms. The van der Waals surface area contributed by atoms with Crippen LogP contribution in [0.4, 0.5) is 10.5 Å². The maximum Gasteiger partial charge on any atom is 0.319 e. The van der Waals surface area contributed by atoms with Crippen LogP contribution in [0.1, 0.15) is 18.9 Å². The van der Waals surface area contributed by atoms with Crippen molar-refractivity contribution in [1.82, 2.24) is 5.32 Å². The number of aliphatic carboxylic acids is 1. The van der Waals surface area contributed by atoms with E-state index in [2.05, 4.69) is 26.6 Å². The summed E-state index contributed by atoms with van der Waals surface area (Å²) in [6.07, 6.45) is -0.441. The van der Waals surface area contributed by atoms with Crippen LogP contribution >= 0.6 is 15.9 Å². The summed E-state index contributed by atoms with van der Waals surface area (Å²) in [5.74, 6) is -1.12. The number of nitrogens with one attached hydrogen (secondary N) is 2. The van der Waals surface area contributed by atoms with E-state index in [1.165, 1.54) is 6.92 Å². The highest BCUT2D eigenvalue weighted by Gasteiger charge is 2.24. The molecule has 0 heterocycles. The van der Waals surface area contributed by atoms with Gasteiger partial charge in [-0.05, 0) is 31.5 Å². The zero-order valence-electron chi connectivity index (χ0n) is 11.2. The molecule has 4 N–H and O–H groups in total. The summed E-state index contributed by atoms with van der Waals surface area (Å²) in [5.41, 5.74) is 0.0329. The molecule has 1 unspecified atom stereocenters. The van der Waals surface area contributed by atoms with Gasteiger partial charge in [-0.1, -0.05) is 22.0 Å². The zero-order valence-corrected chi connectivity index (χ0v) is 12.8. The first-order valence-corrected chi connectivity index (χ1v) is 6.74. The summed E-state index contributed by atoms with van der Waals surface area (Å²) >= 11 is 3.31. The Morgan fingerprint density at radius 2 is 2.05 bits per heavy atom. The fourth-order valence-corrected chi connectivity index (χ4v) is 1.92. The molecule has 1 aromatic rings. The molecule has 1 rings (SSSR count). The van der Waals surface area contributed by atoms with Crippen molar-refractivity contribution in [3.8, 4) is 0 Å². The van der Waals surface area contributed by atoms with Gasteiger partial charge >= 0.3 is 12.0 Å². The normalized spacial score (nSPS) is 13.4. The van der Waals surface area contributed by atoms with Crippen molar-refractivity contribution in [3.05, 3.63) is 28.2 Å². The van der Waals surface area contributed by atoms with Crippen molar-refractivity contribution in [2.45, 2.75) is 25.9 Å². The molecule has 0 radical (unpaired) electrons. The molecule has 0 bridgehead atoms. The van der Waals surface area contributed by atoms with Gasteiger partial charge in [0.1, 0.15) is 0 Å². The van der Waals surface area contributed by atoms with Gasteiger partial charge in [-0.2, -0.15) is 0 Å². The zero-order chi connectivity index (χ0) is 15.3. The molecular weight excluding hydrogens is 328 g/mol. The van der Waals surface area contributed by atoms with E-state index in [1.54, 1.807) is 6.07 Å². The Bertz CT molecular complexity index is 517. The van der Waals surface area contributed by atoms with Crippen LogP contribution in [-0.2, 0) is 4.79 Å². The second-order valence-electron chi connectivity index (χ2n) is 4.83. The standard InChI is InChI=1S/C13H17BrN2O4/c1-8-3-4-9(14)5-10(8)16-12(19)15-7-13(2,20)6-11(17)18/h3-5,20H,6-7H2,1-2H3,(H,17,18)(H2,15,16,19). The lowest BCUT2D eigenvalue weighted by Gasteiger charge is -2.21. The van der Waals surface area contributed by atoms with Crippen LogP contribution in [0.5, 0.6) is 0 Å². The summed E-state index contributed by atoms with van der Waals surface area (Å²) in [4.78, 5) is 22.3. The van der Waals surface area contributed by atoms with Crippen molar-refractivity contribution < 1.29 is 19.8 Å². The second-order valence-corrected chi connectivity index (χ2v) is 5.75. The number of carboxylic acid groups (broad SMARTS) is 1. The van der Waals surface area contributed by atoms with Crippen LogP contribution in [-0.4, -0.2) is 34.4 Å². The van der Waals surface area contributed by atoms with E-state index < -0.39 is 24.0 Å². The van der Waals surface area contributed by atoms with Gasteiger partial charge in [-0.15, -0.1) is 0 Å². The van der Waals surface area contributed by atoms with Crippen molar-refractivity contribution in [3.63, 3.8) is 0 Å². The van der Waals surface area contributed by atoms with Gasteiger partial charge in [0.15, 0.2) is 0 Å². The number of hydrogen-bond acceptors (Lipinski definition) is 3. The smallest absolute Gasteiger partial charge is 0.319 e. The second kappa shape index (κ2) is 6.71. The van der Waals surface area contributed by atoms with Gasteiger partial charge in [0.05, 0.1) is 12.0 Å². The Labute approximate surface area is 125 Å². The van der Waals surface area contributed by atoms with E-state index in [9.17, 15) is 14.7 Å². The first-order valence-electron chi connectivity index (χ1n) is 5.95. The van der Waals surface area contributed by atoms with Gasteiger partial charge in [0.25, 0.3) is 0 Å². The van der Waals surface area contributed by atoms with E-state index >= 15 is 0 Å². The van der Waals surface area contributed by atoms with Crippen LogP contribution < -0.4 is 10.6 Å². The molecule has 1 atom stereocenters. The fourth-order valence-electron chi connectivity index (χ4n) is 1.55. The lowest BCUT2D eigenvalue weighted by Crippen LogP contribution is -2.43. The van der Waals surface area contributed by atoms with E-state index in [0.29, 0.717) is 5.69 Å². The topological polar surface area (TPSA) is 98.7 Å². The number of hydrogen-bond donors (Lipinski definition) is 4. The highest BCUT2D eigenvalue weighted by molar-refractivity contribution is 9.10. The third-order valence-electron chi connectivity index (χ3n) is 2.61. The summed E-state index contributed by atoms with van der Waals surface area (Å²) in [6, 6.07) is 4.96. The molecule has 6 nitrogen and oxygen atoms in total. The third kappa shape index (κ3) is 5.58. The fraction of sp³-hybridized carbons (Fsp3) is 0.385. The molecule has 1 aromatic carbocycles. The number of benzene rings is 1.